The SMILES string of the molecule is COCN(c1cccc(-c2nn(C3CC4CCC(C3)N4C(=O)OCc3ccccc3)cc2Br)c1F)S(=O)(=O)c1cc(F)ccc1F. The van der Waals surface area contributed by atoms with Gasteiger partial charge in [-0.3, -0.25) is 4.68 Å². The Hall–Kier alpha value is -3.88. The third-order valence-corrected chi connectivity index (χ3v) is 10.7. The number of nitrogens with zero attached hydrogens (tertiary/aromatic N) is 4. The second-order valence-electron chi connectivity index (χ2n) is 11.2. The first kappa shape index (κ1) is 32.1. The number of aromatic nitrogens is 2. The van der Waals surface area contributed by atoms with Crippen LogP contribution >= 0.6 is 15.9 Å². The molecule has 0 aliphatic carbocycles. The van der Waals surface area contributed by atoms with Crippen LogP contribution in [0.2, 0.25) is 0 Å². The molecule has 6 rings (SSSR count). The molecule has 0 N–H and O–H groups in total. The molecule has 0 spiro atoms. The Labute approximate surface area is 272 Å². The summed E-state index contributed by atoms with van der Waals surface area (Å²) >= 11 is 3.48. The van der Waals surface area contributed by atoms with Crippen molar-refractivity contribution in [3.05, 3.63) is 100 Å². The first-order chi connectivity index (χ1) is 22.1. The number of sulfonamides is 1. The van der Waals surface area contributed by atoms with Gasteiger partial charge < -0.3 is 14.4 Å². The number of fused-ring (bicyclic) bond motifs is 2. The zero-order valence-electron chi connectivity index (χ0n) is 24.7. The lowest BCUT2D eigenvalue weighted by Crippen LogP contribution is -2.47. The van der Waals surface area contributed by atoms with Crippen LogP contribution in [0.5, 0.6) is 0 Å². The molecule has 4 aromatic rings. The summed E-state index contributed by atoms with van der Waals surface area (Å²) in [7, 11) is -3.58. The van der Waals surface area contributed by atoms with E-state index in [0.29, 0.717) is 33.8 Å². The molecule has 0 saturated carbocycles. The largest absolute Gasteiger partial charge is 0.445 e. The molecule has 2 bridgehead atoms. The average molecular weight is 720 g/mol. The van der Waals surface area contributed by atoms with Crippen LogP contribution in [0, 0.1) is 17.5 Å². The van der Waals surface area contributed by atoms with Crippen molar-refractivity contribution in [1.29, 1.82) is 0 Å². The summed E-state index contributed by atoms with van der Waals surface area (Å²) in [6, 6.07) is 15.5. The van der Waals surface area contributed by atoms with Crippen LogP contribution in [0.15, 0.2) is 82.3 Å². The molecule has 2 saturated heterocycles. The zero-order valence-corrected chi connectivity index (χ0v) is 27.1. The van der Waals surface area contributed by atoms with Crippen molar-refractivity contribution in [2.45, 2.75) is 55.3 Å². The topological polar surface area (TPSA) is 94.0 Å². The van der Waals surface area contributed by atoms with E-state index < -0.39 is 44.8 Å². The summed E-state index contributed by atoms with van der Waals surface area (Å²) in [6.45, 7) is -0.469. The summed E-state index contributed by atoms with van der Waals surface area (Å²) in [6.07, 6.45) is 4.33. The van der Waals surface area contributed by atoms with E-state index in [9.17, 15) is 22.0 Å². The lowest BCUT2D eigenvalue weighted by molar-refractivity contribution is 0.0531. The molecule has 46 heavy (non-hydrogen) atoms. The minimum Gasteiger partial charge on any atom is -0.445 e. The Bertz CT molecular complexity index is 1850. The number of hydrogen-bond acceptors (Lipinski definition) is 6. The molecule has 242 valence electrons. The van der Waals surface area contributed by atoms with Crippen molar-refractivity contribution in [2.24, 2.45) is 0 Å². The summed E-state index contributed by atoms with van der Waals surface area (Å²) < 4.78 is 84.9. The lowest BCUT2D eigenvalue weighted by atomic mass is 9.98. The number of anilines is 1. The highest BCUT2D eigenvalue weighted by molar-refractivity contribution is 9.10. The van der Waals surface area contributed by atoms with Crippen molar-refractivity contribution in [1.82, 2.24) is 14.7 Å². The molecule has 2 aliphatic rings. The van der Waals surface area contributed by atoms with Crippen molar-refractivity contribution in [3.8, 4) is 11.3 Å². The second kappa shape index (κ2) is 13.1. The van der Waals surface area contributed by atoms with Gasteiger partial charge >= 0.3 is 6.09 Å². The monoisotopic (exact) mass is 718 g/mol. The quantitative estimate of drug-likeness (QED) is 0.173. The number of carbonyl (C=O) groups is 1. The molecule has 3 aromatic carbocycles. The standard InChI is InChI=1S/C32H30BrF3N4O5S/c1-44-19-39(46(42,43)29-14-21(34)10-13-27(29)35)28-9-5-8-25(30(28)36)31-26(33)17-38(37-31)24-15-22-11-12-23(16-24)40(22)32(41)45-18-20-6-3-2-4-7-20/h2-10,13-14,17,22-24H,11-12,15-16,18-19H2,1H3. The number of rotatable bonds is 9. The second-order valence-corrected chi connectivity index (χ2v) is 13.9. The highest BCUT2D eigenvalue weighted by Crippen LogP contribution is 2.43. The van der Waals surface area contributed by atoms with Crippen LogP contribution in [-0.4, -0.2) is 55.1 Å². The van der Waals surface area contributed by atoms with Gasteiger partial charge in [0.05, 0.1) is 16.2 Å². The Morgan fingerprint density at radius 3 is 2.41 bits per heavy atom. The maximum Gasteiger partial charge on any atom is 0.410 e. The normalized spacial score (nSPS) is 19.3. The van der Waals surface area contributed by atoms with E-state index in [1.807, 2.05) is 35.2 Å². The van der Waals surface area contributed by atoms with Gasteiger partial charge in [-0.2, -0.15) is 5.10 Å². The Balaban J connectivity index is 1.24. The van der Waals surface area contributed by atoms with Crippen molar-refractivity contribution in [2.75, 3.05) is 18.1 Å². The number of benzene rings is 3. The van der Waals surface area contributed by atoms with E-state index in [4.69, 9.17) is 9.47 Å². The predicted molar refractivity (Wildman–Crippen MR) is 167 cm³/mol. The van der Waals surface area contributed by atoms with Gasteiger partial charge in [0.15, 0.2) is 5.82 Å². The number of halogens is 4. The number of piperidine rings is 1. The van der Waals surface area contributed by atoms with Gasteiger partial charge in [0, 0.05) is 31.0 Å². The first-order valence-corrected chi connectivity index (χ1v) is 16.8. The Morgan fingerprint density at radius 1 is 1.00 bits per heavy atom. The minimum absolute atomic E-state index is 0.0101. The van der Waals surface area contributed by atoms with Crippen molar-refractivity contribution >= 4 is 37.7 Å². The van der Waals surface area contributed by atoms with Gasteiger partial charge in [-0.1, -0.05) is 36.4 Å². The van der Waals surface area contributed by atoms with E-state index in [-0.39, 0.29) is 42.1 Å². The molecule has 2 fully saturated rings. The van der Waals surface area contributed by atoms with Gasteiger partial charge in [0.1, 0.15) is 35.6 Å². The fraction of sp³-hybridized carbons (Fsp3) is 0.312. The lowest BCUT2D eigenvalue weighted by Gasteiger charge is -2.38. The molecule has 1 amide bonds. The van der Waals surface area contributed by atoms with E-state index in [1.165, 1.54) is 25.3 Å². The number of hydrogen-bond donors (Lipinski definition) is 0. The molecule has 14 heteroatoms. The molecule has 2 unspecified atom stereocenters. The zero-order chi connectivity index (χ0) is 32.6. The van der Waals surface area contributed by atoms with Crippen LogP contribution in [0.25, 0.3) is 11.3 Å². The van der Waals surface area contributed by atoms with E-state index in [1.54, 1.807) is 10.9 Å². The number of amides is 1. The van der Waals surface area contributed by atoms with E-state index in [2.05, 4.69) is 21.0 Å². The van der Waals surface area contributed by atoms with Gasteiger partial charge in [0.25, 0.3) is 10.0 Å². The number of carbonyl (C=O) groups excluding carboxylic acids is 1. The third kappa shape index (κ3) is 6.13. The highest BCUT2D eigenvalue weighted by atomic mass is 79.9. The molecular formula is C32H30BrF3N4O5S. The molecule has 1 aromatic heterocycles. The van der Waals surface area contributed by atoms with Crippen LogP contribution in [0.4, 0.5) is 23.7 Å². The maximum absolute atomic E-state index is 16.2. The molecular weight excluding hydrogens is 689 g/mol. The summed E-state index contributed by atoms with van der Waals surface area (Å²) in [5.41, 5.74) is 0.698. The van der Waals surface area contributed by atoms with Crippen LogP contribution in [0.1, 0.15) is 37.3 Å². The summed E-state index contributed by atoms with van der Waals surface area (Å²) in [5.74, 6) is -3.10. The fourth-order valence-electron chi connectivity index (χ4n) is 6.27. The van der Waals surface area contributed by atoms with Gasteiger partial charge in [-0.25, -0.2) is 30.7 Å². The van der Waals surface area contributed by atoms with E-state index in [0.717, 1.165) is 24.5 Å². The minimum atomic E-state index is -4.78. The smallest absolute Gasteiger partial charge is 0.410 e. The molecule has 0 radical (unpaired) electrons. The predicted octanol–water partition coefficient (Wildman–Crippen LogP) is 7.03. The van der Waals surface area contributed by atoms with Crippen LogP contribution in [0.3, 0.4) is 0 Å². The Morgan fingerprint density at radius 2 is 1.72 bits per heavy atom. The van der Waals surface area contributed by atoms with Gasteiger partial charge in [-0.05, 0) is 77.5 Å². The summed E-state index contributed by atoms with van der Waals surface area (Å²) in [5, 5.41) is 4.69. The molecule has 9 nitrogen and oxygen atoms in total. The van der Waals surface area contributed by atoms with E-state index >= 15 is 4.39 Å². The molecule has 2 atom stereocenters. The van der Waals surface area contributed by atoms with Gasteiger partial charge in [-0.15, -0.1) is 0 Å². The average Bonchev–Trinajstić information content (AvgIpc) is 3.56. The maximum atomic E-state index is 16.2. The van der Waals surface area contributed by atoms with Crippen LogP contribution in [-0.2, 0) is 26.1 Å². The van der Waals surface area contributed by atoms with Gasteiger partial charge in [0.2, 0.25) is 0 Å². The number of ether oxygens (including phenoxy) is 2. The Kier molecular flexibility index (Phi) is 9.12. The number of methoxy groups -OCH3 is 1. The van der Waals surface area contributed by atoms with Crippen molar-refractivity contribution < 1.29 is 35.9 Å². The summed E-state index contributed by atoms with van der Waals surface area (Å²) in [4.78, 5) is 13.9. The van der Waals surface area contributed by atoms with Crippen molar-refractivity contribution in [3.63, 3.8) is 0 Å². The third-order valence-electron chi connectivity index (χ3n) is 8.40. The molecule has 3 heterocycles. The highest BCUT2D eigenvalue weighted by Gasteiger charge is 2.45. The molecule has 2 aliphatic heterocycles. The van der Waals surface area contributed by atoms with Crippen LogP contribution < -0.4 is 4.31 Å². The first-order valence-electron chi connectivity index (χ1n) is 14.6. The fourth-order valence-corrected chi connectivity index (χ4v) is 8.23.